The van der Waals surface area contributed by atoms with Crippen molar-refractivity contribution < 1.29 is 14.7 Å². The second-order valence-electron chi connectivity index (χ2n) is 4.90. The van der Waals surface area contributed by atoms with Crippen LogP contribution in [-0.2, 0) is 4.79 Å². The van der Waals surface area contributed by atoms with Crippen molar-refractivity contribution in [3.05, 3.63) is 22.7 Å². The van der Waals surface area contributed by atoms with Gasteiger partial charge in [-0.05, 0) is 40.6 Å². The number of aliphatic carboxylic acids is 1. The molecule has 1 fully saturated rings. The molecule has 2 N–H and O–H groups in total. The molecule has 1 amide bonds. The Morgan fingerprint density at radius 2 is 2.33 bits per heavy atom. The van der Waals surface area contributed by atoms with Gasteiger partial charge in [-0.15, -0.1) is 16.4 Å². The molecule has 0 aromatic carbocycles. The molecule has 8 nitrogen and oxygen atoms in total. The first-order chi connectivity index (χ1) is 10.1. The molecule has 1 aliphatic carbocycles. The molecule has 2 heterocycles. The number of tetrazole rings is 1. The average Bonchev–Trinajstić information content (AvgIpc) is 2.95. The fourth-order valence-electron chi connectivity index (χ4n) is 2.18. The summed E-state index contributed by atoms with van der Waals surface area (Å²) in [5.74, 6) is -0.922. The van der Waals surface area contributed by atoms with E-state index < -0.39 is 5.97 Å². The van der Waals surface area contributed by atoms with Crippen LogP contribution in [0.4, 0.5) is 0 Å². The number of nitrogens with zero attached hydrogens (tertiary/aromatic N) is 4. The maximum Gasteiger partial charge on any atom is 0.305 e. The summed E-state index contributed by atoms with van der Waals surface area (Å²) < 4.78 is 1.41. The zero-order valence-corrected chi connectivity index (χ0v) is 11.8. The SMILES string of the molecule is O=C(O)CC(NC(=O)c1sccc1-n1cnnn1)C1CC1. The van der Waals surface area contributed by atoms with Crippen molar-refractivity contribution in [2.24, 2.45) is 5.92 Å². The Kier molecular flexibility index (Phi) is 3.65. The molecule has 110 valence electrons. The third-order valence-electron chi connectivity index (χ3n) is 3.35. The standard InChI is InChI=1S/C12H13N5O3S/c18-10(19)5-8(7-1-2-7)14-12(20)11-9(3-4-21-11)17-6-13-15-16-17/h3-4,6-8H,1-2,5H2,(H,14,20)(H,18,19). The fourth-order valence-corrected chi connectivity index (χ4v) is 2.96. The molecule has 0 spiro atoms. The quantitative estimate of drug-likeness (QED) is 0.813. The van der Waals surface area contributed by atoms with Gasteiger partial charge in [0.2, 0.25) is 0 Å². The highest BCUT2D eigenvalue weighted by Gasteiger charge is 2.34. The normalized spacial score (nSPS) is 15.6. The van der Waals surface area contributed by atoms with Crippen LogP contribution < -0.4 is 5.32 Å². The number of nitrogens with one attached hydrogen (secondary N) is 1. The minimum atomic E-state index is -0.904. The topological polar surface area (TPSA) is 110 Å². The van der Waals surface area contributed by atoms with Gasteiger partial charge in [-0.2, -0.15) is 4.68 Å². The molecule has 21 heavy (non-hydrogen) atoms. The molecule has 1 aliphatic rings. The highest BCUT2D eigenvalue weighted by molar-refractivity contribution is 7.12. The van der Waals surface area contributed by atoms with Gasteiger partial charge in [0.25, 0.3) is 5.91 Å². The van der Waals surface area contributed by atoms with Gasteiger partial charge in [0.15, 0.2) is 0 Å². The number of rotatable bonds is 6. The first-order valence-corrected chi connectivity index (χ1v) is 7.36. The van der Waals surface area contributed by atoms with Crippen molar-refractivity contribution in [1.82, 2.24) is 25.5 Å². The van der Waals surface area contributed by atoms with Crippen LogP contribution in [0.2, 0.25) is 0 Å². The molecule has 2 aromatic rings. The molecule has 0 aliphatic heterocycles. The van der Waals surface area contributed by atoms with E-state index in [1.165, 1.54) is 22.3 Å². The van der Waals surface area contributed by atoms with E-state index >= 15 is 0 Å². The molecule has 9 heteroatoms. The van der Waals surface area contributed by atoms with E-state index in [-0.39, 0.29) is 24.3 Å². The Labute approximate surface area is 123 Å². The van der Waals surface area contributed by atoms with Crippen LogP contribution in [0.3, 0.4) is 0 Å². The fraction of sp³-hybridized carbons (Fsp3) is 0.417. The van der Waals surface area contributed by atoms with Gasteiger partial charge in [0.1, 0.15) is 11.2 Å². The van der Waals surface area contributed by atoms with E-state index in [2.05, 4.69) is 20.8 Å². The Balaban J connectivity index is 1.76. The number of hydrogen-bond donors (Lipinski definition) is 2. The molecule has 0 bridgehead atoms. The van der Waals surface area contributed by atoms with Gasteiger partial charge in [0.05, 0.1) is 12.1 Å². The van der Waals surface area contributed by atoms with Gasteiger partial charge < -0.3 is 10.4 Å². The first kappa shape index (κ1) is 13.7. The van der Waals surface area contributed by atoms with Gasteiger partial charge in [-0.3, -0.25) is 9.59 Å². The largest absolute Gasteiger partial charge is 0.481 e. The molecular formula is C12H13N5O3S. The van der Waals surface area contributed by atoms with E-state index in [1.807, 2.05) is 0 Å². The molecule has 1 saturated carbocycles. The number of carboxylic acids is 1. The Hall–Kier alpha value is -2.29. The molecule has 1 unspecified atom stereocenters. The number of carbonyl (C=O) groups is 2. The van der Waals surface area contributed by atoms with E-state index in [4.69, 9.17) is 5.11 Å². The highest BCUT2D eigenvalue weighted by atomic mass is 32.1. The van der Waals surface area contributed by atoms with Gasteiger partial charge in [-0.25, -0.2) is 0 Å². The third-order valence-corrected chi connectivity index (χ3v) is 4.25. The summed E-state index contributed by atoms with van der Waals surface area (Å²) in [5.41, 5.74) is 0.590. The van der Waals surface area contributed by atoms with E-state index in [0.29, 0.717) is 10.6 Å². The Morgan fingerprint density at radius 3 is 2.95 bits per heavy atom. The lowest BCUT2D eigenvalue weighted by Gasteiger charge is -2.16. The van der Waals surface area contributed by atoms with Crippen molar-refractivity contribution in [3.8, 4) is 5.69 Å². The van der Waals surface area contributed by atoms with Crippen LogP contribution in [0.25, 0.3) is 5.69 Å². The minimum Gasteiger partial charge on any atom is -0.481 e. The first-order valence-electron chi connectivity index (χ1n) is 6.48. The molecule has 3 rings (SSSR count). The van der Waals surface area contributed by atoms with Crippen LogP contribution in [0.1, 0.15) is 28.9 Å². The lowest BCUT2D eigenvalue weighted by Crippen LogP contribution is -2.38. The molecule has 0 radical (unpaired) electrons. The lowest BCUT2D eigenvalue weighted by molar-refractivity contribution is -0.137. The van der Waals surface area contributed by atoms with Crippen molar-refractivity contribution >= 4 is 23.2 Å². The number of thiophene rings is 1. The maximum absolute atomic E-state index is 12.4. The van der Waals surface area contributed by atoms with Crippen LogP contribution in [0.5, 0.6) is 0 Å². The Morgan fingerprint density at radius 1 is 1.52 bits per heavy atom. The van der Waals surface area contributed by atoms with Gasteiger partial charge in [-0.1, -0.05) is 0 Å². The number of hydrogen-bond acceptors (Lipinski definition) is 6. The van der Waals surface area contributed by atoms with E-state index in [0.717, 1.165) is 12.8 Å². The van der Waals surface area contributed by atoms with Crippen molar-refractivity contribution in [3.63, 3.8) is 0 Å². The molecular weight excluding hydrogens is 294 g/mol. The second-order valence-corrected chi connectivity index (χ2v) is 5.82. The summed E-state index contributed by atoms with van der Waals surface area (Å²) in [5, 5.41) is 24.4. The van der Waals surface area contributed by atoms with Crippen LogP contribution in [-0.4, -0.2) is 43.2 Å². The lowest BCUT2D eigenvalue weighted by atomic mass is 10.1. The van der Waals surface area contributed by atoms with E-state index in [1.54, 1.807) is 11.4 Å². The predicted molar refractivity (Wildman–Crippen MR) is 73.3 cm³/mol. The third kappa shape index (κ3) is 3.07. The van der Waals surface area contributed by atoms with Crippen molar-refractivity contribution in [2.45, 2.75) is 25.3 Å². The summed E-state index contributed by atoms with van der Waals surface area (Å²) in [7, 11) is 0. The summed E-state index contributed by atoms with van der Waals surface area (Å²) in [6.45, 7) is 0. The average molecular weight is 307 g/mol. The number of carboxylic acid groups (broad SMARTS) is 1. The highest BCUT2D eigenvalue weighted by Crippen LogP contribution is 2.34. The van der Waals surface area contributed by atoms with Gasteiger partial charge >= 0.3 is 5.97 Å². The number of aromatic nitrogens is 4. The summed E-state index contributed by atoms with van der Waals surface area (Å²) in [4.78, 5) is 23.7. The molecule has 1 atom stereocenters. The van der Waals surface area contributed by atoms with E-state index in [9.17, 15) is 9.59 Å². The molecule has 2 aromatic heterocycles. The predicted octanol–water partition coefficient (Wildman–Crippen LogP) is 0.707. The van der Waals surface area contributed by atoms with Gasteiger partial charge in [0, 0.05) is 6.04 Å². The number of amides is 1. The monoisotopic (exact) mass is 307 g/mol. The summed E-state index contributed by atoms with van der Waals surface area (Å²) in [6, 6.07) is 1.43. The van der Waals surface area contributed by atoms with Crippen LogP contribution in [0.15, 0.2) is 17.8 Å². The van der Waals surface area contributed by atoms with Crippen molar-refractivity contribution in [2.75, 3.05) is 0 Å². The zero-order chi connectivity index (χ0) is 14.8. The second kappa shape index (κ2) is 5.60. The number of carbonyl (C=O) groups excluding carboxylic acids is 1. The van der Waals surface area contributed by atoms with Crippen LogP contribution >= 0.6 is 11.3 Å². The zero-order valence-electron chi connectivity index (χ0n) is 11.0. The molecule has 0 saturated heterocycles. The summed E-state index contributed by atoms with van der Waals surface area (Å²) in [6.07, 6.45) is 3.28. The van der Waals surface area contributed by atoms with Crippen molar-refractivity contribution in [1.29, 1.82) is 0 Å². The smallest absolute Gasteiger partial charge is 0.305 e. The minimum absolute atomic E-state index is 0.0536. The van der Waals surface area contributed by atoms with Crippen LogP contribution in [0, 0.1) is 5.92 Å². The Bertz CT molecular complexity index is 650. The maximum atomic E-state index is 12.4. The summed E-state index contributed by atoms with van der Waals surface area (Å²) >= 11 is 1.27.